The van der Waals surface area contributed by atoms with E-state index in [0.717, 1.165) is 26.9 Å². The van der Waals surface area contributed by atoms with E-state index in [9.17, 15) is 4.79 Å². The summed E-state index contributed by atoms with van der Waals surface area (Å²) in [5.74, 6) is 0.848. The summed E-state index contributed by atoms with van der Waals surface area (Å²) < 4.78 is 5.81. The summed E-state index contributed by atoms with van der Waals surface area (Å²) in [5, 5.41) is 1.03. The van der Waals surface area contributed by atoms with Gasteiger partial charge in [-0.1, -0.05) is 18.2 Å². The topological polar surface area (TPSA) is 42.4 Å². The maximum Gasteiger partial charge on any atom is 0.264 e. The van der Waals surface area contributed by atoms with Gasteiger partial charge in [-0.05, 0) is 32.4 Å². The number of fused-ring (bicyclic) bond motifs is 1. The smallest absolute Gasteiger partial charge is 0.264 e. The van der Waals surface area contributed by atoms with Gasteiger partial charge < -0.3 is 9.64 Å². The zero-order chi connectivity index (χ0) is 15.9. The number of rotatable bonds is 3. The molecule has 0 saturated heterocycles. The molecule has 1 amide bonds. The molecule has 0 saturated carbocycles. The lowest BCUT2D eigenvalue weighted by Crippen LogP contribution is -2.40. The van der Waals surface area contributed by atoms with Crippen LogP contribution in [-0.2, 0) is 11.2 Å². The van der Waals surface area contributed by atoms with E-state index in [4.69, 9.17) is 4.74 Å². The first-order valence-corrected chi connectivity index (χ1v) is 8.24. The van der Waals surface area contributed by atoms with E-state index >= 15 is 0 Å². The van der Waals surface area contributed by atoms with E-state index in [-0.39, 0.29) is 11.9 Å². The molecule has 1 aliphatic rings. The Kier molecular flexibility index (Phi) is 3.91. The number of amides is 1. The van der Waals surface area contributed by atoms with E-state index in [2.05, 4.69) is 4.98 Å². The quantitative estimate of drug-likeness (QED) is 0.872. The van der Waals surface area contributed by atoms with Gasteiger partial charge in [0, 0.05) is 18.3 Å². The SMILES string of the molecule is Cc1nc(C)c([C@H](C)N(C)C(=O)[C@H]2Cc3ccccc3O2)s1. The van der Waals surface area contributed by atoms with Crippen molar-refractivity contribution in [1.82, 2.24) is 9.88 Å². The highest BCUT2D eigenvalue weighted by molar-refractivity contribution is 7.11. The summed E-state index contributed by atoms with van der Waals surface area (Å²) in [6.07, 6.45) is 0.228. The highest BCUT2D eigenvalue weighted by Crippen LogP contribution is 2.32. The lowest BCUT2D eigenvalue weighted by molar-refractivity contribution is -0.138. The first kappa shape index (κ1) is 15.0. The number of hydrogen-bond donors (Lipinski definition) is 0. The van der Waals surface area contributed by atoms with Gasteiger partial charge >= 0.3 is 0 Å². The number of thiazole rings is 1. The third-order valence-electron chi connectivity index (χ3n) is 4.17. The molecule has 22 heavy (non-hydrogen) atoms. The molecule has 0 bridgehead atoms. The van der Waals surface area contributed by atoms with Crippen LogP contribution in [0.3, 0.4) is 0 Å². The molecule has 0 N–H and O–H groups in total. The van der Waals surface area contributed by atoms with Crippen LogP contribution in [0.4, 0.5) is 0 Å². The van der Waals surface area contributed by atoms with Gasteiger partial charge in [-0.2, -0.15) is 0 Å². The predicted octanol–water partition coefficient (Wildman–Crippen LogP) is 3.28. The molecule has 0 aliphatic carbocycles. The van der Waals surface area contributed by atoms with Gasteiger partial charge in [0.2, 0.25) is 0 Å². The normalized spacial score (nSPS) is 17.7. The molecule has 0 radical (unpaired) electrons. The van der Waals surface area contributed by atoms with Gasteiger partial charge in [0.1, 0.15) is 5.75 Å². The molecule has 116 valence electrons. The second-order valence-corrected chi connectivity index (χ2v) is 6.96. The van der Waals surface area contributed by atoms with E-state index in [0.29, 0.717) is 6.42 Å². The van der Waals surface area contributed by atoms with E-state index in [1.165, 1.54) is 0 Å². The molecule has 2 atom stereocenters. The van der Waals surface area contributed by atoms with Crippen molar-refractivity contribution >= 4 is 17.2 Å². The minimum Gasteiger partial charge on any atom is -0.480 e. The van der Waals surface area contributed by atoms with Gasteiger partial charge in [0.25, 0.3) is 5.91 Å². The first-order valence-electron chi connectivity index (χ1n) is 7.42. The fourth-order valence-corrected chi connectivity index (χ4v) is 3.87. The molecule has 0 unspecified atom stereocenters. The predicted molar refractivity (Wildman–Crippen MR) is 87.3 cm³/mol. The monoisotopic (exact) mass is 316 g/mol. The highest BCUT2D eigenvalue weighted by Gasteiger charge is 2.33. The number of nitrogens with zero attached hydrogens (tertiary/aromatic N) is 2. The number of para-hydroxylation sites is 1. The second kappa shape index (κ2) is 5.72. The minimum absolute atomic E-state index is 0.00557. The van der Waals surface area contributed by atoms with Crippen LogP contribution in [0.5, 0.6) is 5.75 Å². The number of ether oxygens (including phenoxy) is 1. The lowest BCUT2D eigenvalue weighted by Gasteiger charge is -2.26. The van der Waals surface area contributed by atoms with E-state index < -0.39 is 6.10 Å². The molecular formula is C17H20N2O2S. The van der Waals surface area contributed by atoms with Gasteiger partial charge in [-0.25, -0.2) is 4.98 Å². The number of hydrogen-bond acceptors (Lipinski definition) is 4. The summed E-state index contributed by atoms with van der Waals surface area (Å²) >= 11 is 1.65. The molecule has 2 heterocycles. The van der Waals surface area contributed by atoms with Crippen molar-refractivity contribution in [2.75, 3.05) is 7.05 Å². The maximum absolute atomic E-state index is 12.7. The number of likely N-dealkylation sites (N-methyl/N-ethyl adjacent to an activating group) is 1. The summed E-state index contributed by atoms with van der Waals surface area (Å²) in [6.45, 7) is 6.03. The molecule has 0 spiro atoms. The van der Waals surface area contributed by atoms with Crippen LogP contribution in [0.15, 0.2) is 24.3 Å². The Bertz CT molecular complexity index is 685. The van der Waals surface area contributed by atoms with Gasteiger partial charge in [-0.15, -0.1) is 11.3 Å². The lowest BCUT2D eigenvalue weighted by atomic mass is 10.1. The number of benzene rings is 1. The molecule has 2 aromatic rings. The van der Waals surface area contributed by atoms with Crippen molar-refractivity contribution in [3.63, 3.8) is 0 Å². The Balaban J connectivity index is 1.74. The van der Waals surface area contributed by atoms with Crippen LogP contribution in [0.1, 0.15) is 34.1 Å². The molecule has 3 rings (SSSR count). The van der Waals surface area contributed by atoms with Gasteiger partial charge in [-0.3, -0.25) is 4.79 Å². The third kappa shape index (κ3) is 2.61. The average Bonchev–Trinajstić information content (AvgIpc) is 3.07. The van der Waals surface area contributed by atoms with Gasteiger partial charge in [0.05, 0.1) is 16.7 Å². The fourth-order valence-electron chi connectivity index (χ4n) is 2.85. The fraction of sp³-hybridized carbons (Fsp3) is 0.412. The Labute approximate surface area is 134 Å². The second-order valence-electron chi connectivity index (χ2n) is 5.73. The van der Waals surface area contributed by atoms with Crippen molar-refractivity contribution in [1.29, 1.82) is 0 Å². The Morgan fingerprint density at radius 1 is 1.41 bits per heavy atom. The zero-order valence-corrected chi connectivity index (χ0v) is 14.1. The van der Waals surface area contributed by atoms with Crippen molar-refractivity contribution < 1.29 is 9.53 Å². The maximum atomic E-state index is 12.7. The van der Waals surface area contributed by atoms with Crippen LogP contribution in [0, 0.1) is 13.8 Å². The number of aromatic nitrogens is 1. The highest BCUT2D eigenvalue weighted by atomic mass is 32.1. The number of carbonyl (C=O) groups excluding carboxylic acids is 1. The first-order chi connectivity index (χ1) is 10.5. The van der Waals surface area contributed by atoms with Crippen LogP contribution >= 0.6 is 11.3 Å². The summed E-state index contributed by atoms with van der Waals surface area (Å²) in [4.78, 5) is 20.1. The average molecular weight is 316 g/mol. The largest absolute Gasteiger partial charge is 0.480 e. The van der Waals surface area contributed by atoms with Gasteiger partial charge in [0.15, 0.2) is 6.10 Å². The Hall–Kier alpha value is -1.88. The third-order valence-corrected chi connectivity index (χ3v) is 5.41. The molecule has 1 aromatic carbocycles. The number of carbonyl (C=O) groups is 1. The molecule has 0 fully saturated rings. The molecule has 1 aromatic heterocycles. The van der Waals surface area contributed by atoms with Crippen LogP contribution in [-0.4, -0.2) is 28.9 Å². The van der Waals surface area contributed by atoms with E-state index in [1.54, 1.807) is 16.2 Å². The zero-order valence-electron chi connectivity index (χ0n) is 13.3. The van der Waals surface area contributed by atoms with Crippen molar-refractivity contribution in [2.45, 2.75) is 39.3 Å². The Morgan fingerprint density at radius 2 is 2.14 bits per heavy atom. The number of aryl methyl sites for hydroxylation is 2. The molecule has 1 aliphatic heterocycles. The summed E-state index contributed by atoms with van der Waals surface area (Å²) in [7, 11) is 1.84. The molecule has 4 nitrogen and oxygen atoms in total. The van der Waals surface area contributed by atoms with Crippen LogP contribution in [0.25, 0.3) is 0 Å². The van der Waals surface area contributed by atoms with Crippen LogP contribution in [0.2, 0.25) is 0 Å². The standard InChI is InChI=1S/C17H20N2O2S/c1-10-16(22-12(3)18-10)11(2)19(4)17(20)15-9-13-7-5-6-8-14(13)21-15/h5-8,11,15H,9H2,1-4H3/t11-,15+/m0/s1. The van der Waals surface area contributed by atoms with Crippen molar-refractivity contribution in [3.05, 3.63) is 45.4 Å². The summed E-state index contributed by atoms with van der Waals surface area (Å²) in [6, 6.07) is 7.85. The summed E-state index contributed by atoms with van der Waals surface area (Å²) in [5.41, 5.74) is 2.11. The molecule has 5 heteroatoms. The molecular weight excluding hydrogens is 296 g/mol. The van der Waals surface area contributed by atoms with Crippen molar-refractivity contribution in [2.24, 2.45) is 0 Å². The Morgan fingerprint density at radius 3 is 2.77 bits per heavy atom. The minimum atomic E-state index is -0.417. The van der Waals surface area contributed by atoms with Crippen molar-refractivity contribution in [3.8, 4) is 5.75 Å². The van der Waals surface area contributed by atoms with Crippen LogP contribution < -0.4 is 4.74 Å². The van der Waals surface area contributed by atoms with E-state index in [1.807, 2.05) is 52.1 Å².